The molecule has 0 saturated carbocycles. The normalized spacial score (nSPS) is 12.1. The number of rotatable bonds is 7. The molecule has 1 N–H and O–H groups in total. The van der Waals surface area contributed by atoms with Gasteiger partial charge in [0.25, 0.3) is 0 Å². The van der Waals surface area contributed by atoms with E-state index in [0.29, 0.717) is 23.4 Å². The second-order valence-corrected chi connectivity index (χ2v) is 5.52. The third-order valence-corrected chi connectivity index (χ3v) is 3.76. The van der Waals surface area contributed by atoms with E-state index in [1.54, 1.807) is 20.4 Å². The molecule has 0 aliphatic rings. The minimum Gasteiger partial charge on any atom is -0.483 e. The molecule has 1 aromatic heterocycles. The Morgan fingerprint density at radius 2 is 1.95 bits per heavy atom. The highest BCUT2D eigenvalue weighted by molar-refractivity contribution is 9.10. The molecule has 1 aromatic carbocycles. The van der Waals surface area contributed by atoms with Gasteiger partial charge in [-0.1, -0.05) is 30.3 Å². The van der Waals surface area contributed by atoms with Crippen LogP contribution in [0.1, 0.15) is 17.4 Å². The van der Waals surface area contributed by atoms with Crippen LogP contribution in [0.25, 0.3) is 0 Å². The van der Waals surface area contributed by atoms with Gasteiger partial charge < -0.3 is 19.2 Å². The van der Waals surface area contributed by atoms with E-state index in [9.17, 15) is 4.79 Å². The van der Waals surface area contributed by atoms with Gasteiger partial charge >= 0.3 is 0 Å². The number of aromatic amines is 1. The molecule has 0 amide bonds. The van der Waals surface area contributed by atoms with Gasteiger partial charge in [-0.15, -0.1) is 0 Å². The quantitative estimate of drug-likeness (QED) is 0.816. The predicted octanol–water partition coefficient (Wildman–Crippen LogP) is 3.05. The summed E-state index contributed by atoms with van der Waals surface area (Å²) in [5, 5.41) is 0. The van der Waals surface area contributed by atoms with Gasteiger partial charge in [0, 0.05) is 20.4 Å². The monoisotopic (exact) mass is 367 g/mol. The summed E-state index contributed by atoms with van der Waals surface area (Å²) in [5.41, 5.74) is 1.32. The van der Waals surface area contributed by atoms with Crippen LogP contribution >= 0.6 is 15.9 Å². The van der Waals surface area contributed by atoms with Crippen LogP contribution in [0.15, 0.2) is 45.8 Å². The Morgan fingerprint density at radius 1 is 1.23 bits per heavy atom. The van der Waals surface area contributed by atoms with E-state index in [0.717, 1.165) is 5.56 Å². The molecule has 0 saturated heterocycles. The molecular weight excluding hydrogens is 350 g/mol. The fourth-order valence-electron chi connectivity index (χ4n) is 2.04. The van der Waals surface area contributed by atoms with Crippen molar-refractivity contribution >= 4 is 15.9 Å². The first-order chi connectivity index (χ1) is 10.7. The molecule has 0 bridgehead atoms. The summed E-state index contributed by atoms with van der Waals surface area (Å²) in [7, 11) is 3.14. The van der Waals surface area contributed by atoms with Crippen molar-refractivity contribution < 1.29 is 14.2 Å². The minimum absolute atomic E-state index is 0.220. The van der Waals surface area contributed by atoms with Crippen molar-refractivity contribution in [2.75, 3.05) is 20.8 Å². The highest BCUT2D eigenvalue weighted by Gasteiger charge is 2.20. The van der Waals surface area contributed by atoms with Gasteiger partial charge in [0.1, 0.15) is 12.7 Å². The Balaban J connectivity index is 2.31. The molecule has 2 aromatic rings. The molecule has 1 heterocycles. The van der Waals surface area contributed by atoms with Crippen molar-refractivity contribution in [2.24, 2.45) is 0 Å². The van der Waals surface area contributed by atoms with Crippen LogP contribution in [-0.4, -0.2) is 25.8 Å². The molecule has 6 heteroatoms. The van der Waals surface area contributed by atoms with Gasteiger partial charge in [-0.2, -0.15) is 0 Å². The second kappa shape index (κ2) is 8.12. The molecule has 1 unspecified atom stereocenters. The third-order valence-electron chi connectivity index (χ3n) is 3.17. The number of hydrogen-bond donors (Lipinski definition) is 1. The minimum atomic E-state index is -0.406. The van der Waals surface area contributed by atoms with Crippen molar-refractivity contribution in [3.05, 3.63) is 62.5 Å². The van der Waals surface area contributed by atoms with Crippen LogP contribution in [0.3, 0.4) is 0 Å². The standard InChI is InChI=1S/C16H18BrNO4/c1-20-10-13(21-2)14-16(15(19)12(17)8-18-14)22-9-11-6-4-3-5-7-11/h3-8,13H,9-10H2,1-2H3,(H,18,19). The lowest BCUT2D eigenvalue weighted by molar-refractivity contribution is 0.0227. The first-order valence-corrected chi connectivity index (χ1v) is 7.56. The smallest absolute Gasteiger partial charge is 0.237 e. The van der Waals surface area contributed by atoms with Gasteiger partial charge in [0.2, 0.25) is 5.43 Å². The number of H-pyrrole nitrogens is 1. The van der Waals surface area contributed by atoms with Crippen LogP contribution in [-0.2, 0) is 16.1 Å². The average Bonchev–Trinajstić information content (AvgIpc) is 2.55. The topological polar surface area (TPSA) is 60.5 Å². The first-order valence-electron chi connectivity index (χ1n) is 6.77. The number of methoxy groups -OCH3 is 2. The number of ether oxygens (including phenoxy) is 3. The van der Waals surface area contributed by atoms with Gasteiger partial charge in [-0.3, -0.25) is 4.79 Å². The number of aromatic nitrogens is 1. The molecule has 1 atom stereocenters. The maximum atomic E-state index is 12.3. The molecule has 0 aliphatic heterocycles. The lowest BCUT2D eigenvalue weighted by atomic mass is 10.2. The van der Waals surface area contributed by atoms with Crippen molar-refractivity contribution in [1.29, 1.82) is 0 Å². The van der Waals surface area contributed by atoms with Crippen LogP contribution in [0.2, 0.25) is 0 Å². The number of hydrogen-bond acceptors (Lipinski definition) is 4. The van der Waals surface area contributed by atoms with E-state index < -0.39 is 6.10 Å². The third kappa shape index (κ3) is 3.97. The molecule has 2 rings (SSSR count). The van der Waals surface area contributed by atoms with Crippen LogP contribution in [0, 0.1) is 0 Å². The van der Waals surface area contributed by atoms with E-state index >= 15 is 0 Å². The van der Waals surface area contributed by atoms with Crippen molar-refractivity contribution in [1.82, 2.24) is 4.98 Å². The maximum absolute atomic E-state index is 12.3. The van der Waals surface area contributed by atoms with E-state index in [4.69, 9.17) is 14.2 Å². The van der Waals surface area contributed by atoms with Crippen LogP contribution < -0.4 is 10.2 Å². The Kier molecular flexibility index (Phi) is 6.18. The van der Waals surface area contributed by atoms with E-state index in [-0.39, 0.29) is 11.2 Å². The van der Waals surface area contributed by atoms with Crippen LogP contribution in [0.5, 0.6) is 5.75 Å². The van der Waals surface area contributed by atoms with E-state index in [2.05, 4.69) is 20.9 Å². The lowest BCUT2D eigenvalue weighted by Gasteiger charge is -2.18. The van der Waals surface area contributed by atoms with Crippen molar-refractivity contribution in [3.63, 3.8) is 0 Å². The van der Waals surface area contributed by atoms with Gasteiger partial charge in [0.05, 0.1) is 16.8 Å². The summed E-state index contributed by atoms with van der Waals surface area (Å²) < 4.78 is 16.7. The van der Waals surface area contributed by atoms with Crippen molar-refractivity contribution in [2.45, 2.75) is 12.7 Å². The summed E-state index contributed by atoms with van der Waals surface area (Å²) in [6.45, 7) is 0.618. The maximum Gasteiger partial charge on any atom is 0.237 e. The fourth-order valence-corrected chi connectivity index (χ4v) is 2.33. The Hall–Kier alpha value is -1.63. The Bertz CT molecular complexity index is 657. The van der Waals surface area contributed by atoms with Gasteiger partial charge in [0.15, 0.2) is 5.75 Å². The molecule has 0 spiro atoms. The predicted molar refractivity (Wildman–Crippen MR) is 87.2 cm³/mol. The van der Waals surface area contributed by atoms with E-state index in [1.807, 2.05) is 30.3 Å². The van der Waals surface area contributed by atoms with Crippen molar-refractivity contribution in [3.8, 4) is 5.75 Å². The van der Waals surface area contributed by atoms with E-state index in [1.165, 1.54) is 0 Å². The lowest BCUT2D eigenvalue weighted by Crippen LogP contribution is -2.18. The van der Waals surface area contributed by atoms with Crippen LogP contribution in [0.4, 0.5) is 0 Å². The Labute approximate surface area is 137 Å². The fraction of sp³-hybridized carbons (Fsp3) is 0.312. The summed E-state index contributed by atoms with van der Waals surface area (Å²) in [6, 6.07) is 9.66. The number of nitrogens with one attached hydrogen (secondary N) is 1. The molecular formula is C16H18BrNO4. The Morgan fingerprint density at radius 3 is 2.59 bits per heavy atom. The zero-order chi connectivity index (χ0) is 15.9. The highest BCUT2D eigenvalue weighted by atomic mass is 79.9. The molecule has 0 fully saturated rings. The molecule has 0 aliphatic carbocycles. The SMILES string of the molecule is COCC(OC)c1[nH]cc(Br)c(=O)c1OCc1ccccc1. The van der Waals surface area contributed by atoms with Gasteiger partial charge in [-0.05, 0) is 21.5 Å². The summed E-state index contributed by atoms with van der Waals surface area (Å²) in [6.07, 6.45) is 1.17. The number of benzene rings is 1. The summed E-state index contributed by atoms with van der Waals surface area (Å²) in [4.78, 5) is 15.4. The zero-order valence-electron chi connectivity index (χ0n) is 12.5. The number of halogens is 1. The van der Waals surface area contributed by atoms with Gasteiger partial charge in [-0.25, -0.2) is 0 Å². The molecule has 5 nitrogen and oxygen atoms in total. The summed E-state index contributed by atoms with van der Waals surface area (Å²) in [5.74, 6) is 0.238. The molecule has 22 heavy (non-hydrogen) atoms. The second-order valence-electron chi connectivity index (χ2n) is 4.66. The zero-order valence-corrected chi connectivity index (χ0v) is 14.1. The highest BCUT2D eigenvalue weighted by Crippen LogP contribution is 2.25. The largest absolute Gasteiger partial charge is 0.483 e. The summed E-state index contributed by atoms with van der Waals surface area (Å²) >= 11 is 3.22. The molecule has 0 radical (unpaired) electrons. The number of pyridine rings is 1. The molecule has 118 valence electrons. The average molecular weight is 368 g/mol. The first kappa shape index (κ1) is 16.7.